The van der Waals surface area contributed by atoms with Crippen LogP contribution in [0, 0.1) is 5.41 Å². The van der Waals surface area contributed by atoms with E-state index in [1.807, 2.05) is 0 Å². The molecule has 0 radical (unpaired) electrons. The molecule has 12 heavy (non-hydrogen) atoms. The maximum Gasteiger partial charge on any atom is 0.312 e. The molecule has 0 aromatic carbocycles. The first-order chi connectivity index (χ1) is 5.68. The highest BCUT2D eigenvalue weighted by Gasteiger charge is 2.45. The van der Waals surface area contributed by atoms with Gasteiger partial charge in [-0.05, 0) is 12.8 Å². The van der Waals surface area contributed by atoms with Crippen LogP contribution in [0.1, 0.15) is 33.1 Å². The molecule has 1 unspecified atom stereocenters. The van der Waals surface area contributed by atoms with E-state index >= 15 is 0 Å². The van der Waals surface area contributed by atoms with Crippen molar-refractivity contribution in [2.45, 2.75) is 39.2 Å². The number of halogens is 1. The van der Waals surface area contributed by atoms with Crippen molar-refractivity contribution in [3.63, 3.8) is 0 Å². The molecule has 0 amide bonds. The Balaban J connectivity index is 2.72. The van der Waals surface area contributed by atoms with Gasteiger partial charge < -0.3 is 4.74 Å². The fraction of sp³-hybridized carbons (Fsp3) is 0.889. The maximum atomic E-state index is 11.5. The summed E-state index contributed by atoms with van der Waals surface area (Å²) in [5.74, 6) is 0.0224. The molecule has 0 saturated carbocycles. The summed E-state index contributed by atoms with van der Waals surface area (Å²) in [4.78, 5) is 11.5. The van der Waals surface area contributed by atoms with Crippen LogP contribution < -0.4 is 0 Å². The Bertz CT molecular complexity index is 175. The summed E-state index contributed by atoms with van der Waals surface area (Å²) in [6.07, 6.45) is 2.91. The highest BCUT2D eigenvalue weighted by atomic mass is 127. The van der Waals surface area contributed by atoms with E-state index in [2.05, 4.69) is 36.4 Å². The summed E-state index contributed by atoms with van der Waals surface area (Å²) in [6.45, 7) is 4.14. The van der Waals surface area contributed by atoms with Crippen LogP contribution in [0.15, 0.2) is 0 Å². The number of carbonyl (C=O) groups excluding carboxylic acids is 1. The number of hydrogen-bond acceptors (Lipinski definition) is 2. The smallest absolute Gasteiger partial charge is 0.312 e. The average Bonchev–Trinajstić information content (AvgIpc) is 2.43. The molecule has 1 rings (SSSR count). The van der Waals surface area contributed by atoms with Gasteiger partial charge in [-0.2, -0.15) is 0 Å². The van der Waals surface area contributed by atoms with E-state index in [0.717, 1.165) is 23.7 Å². The van der Waals surface area contributed by atoms with Gasteiger partial charge in [0.1, 0.15) is 6.10 Å². The van der Waals surface area contributed by atoms with E-state index in [4.69, 9.17) is 4.74 Å². The second-order valence-electron chi connectivity index (χ2n) is 3.37. The third-order valence-corrected chi connectivity index (χ3v) is 3.83. The third kappa shape index (κ3) is 1.60. The molecule has 1 atom stereocenters. The Hall–Kier alpha value is 0.200. The van der Waals surface area contributed by atoms with Gasteiger partial charge in [-0.3, -0.25) is 4.79 Å². The molecule has 1 aliphatic heterocycles. The zero-order valence-corrected chi connectivity index (χ0v) is 9.76. The summed E-state index contributed by atoms with van der Waals surface area (Å²) >= 11 is 2.27. The van der Waals surface area contributed by atoms with Crippen molar-refractivity contribution in [3.8, 4) is 0 Å². The molecule has 0 aromatic rings. The standard InChI is InChI=1S/C9H15IO2/c1-3-9(4-2)5-7(6-10)12-8(9)11/h7H,3-6H2,1-2H3. The molecule has 0 bridgehead atoms. The summed E-state index contributed by atoms with van der Waals surface area (Å²) in [5, 5.41) is 0. The van der Waals surface area contributed by atoms with Crippen LogP contribution >= 0.6 is 22.6 Å². The summed E-state index contributed by atoms with van der Waals surface area (Å²) in [6, 6.07) is 0. The van der Waals surface area contributed by atoms with Crippen molar-refractivity contribution in [2.75, 3.05) is 4.43 Å². The van der Waals surface area contributed by atoms with Gasteiger partial charge in [-0.1, -0.05) is 36.4 Å². The van der Waals surface area contributed by atoms with Gasteiger partial charge in [0.05, 0.1) is 5.41 Å². The van der Waals surface area contributed by atoms with Crippen molar-refractivity contribution in [1.82, 2.24) is 0 Å². The molecule has 2 nitrogen and oxygen atoms in total. The minimum absolute atomic E-state index is 0.0224. The molecule has 0 aromatic heterocycles. The van der Waals surface area contributed by atoms with Crippen molar-refractivity contribution >= 4 is 28.6 Å². The fourth-order valence-corrected chi connectivity index (χ4v) is 2.24. The minimum Gasteiger partial charge on any atom is -0.461 e. The Morgan fingerprint density at radius 3 is 2.42 bits per heavy atom. The van der Waals surface area contributed by atoms with Crippen LogP contribution in [-0.2, 0) is 9.53 Å². The van der Waals surface area contributed by atoms with Crippen LogP contribution in [0.3, 0.4) is 0 Å². The largest absolute Gasteiger partial charge is 0.461 e. The lowest BCUT2D eigenvalue weighted by Gasteiger charge is -2.19. The lowest BCUT2D eigenvalue weighted by molar-refractivity contribution is -0.148. The Morgan fingerprint density at radius 1 is 1.58 bits per heavy atom. The van der Waals surface area contributed by atoms with Gasteiger partial charge >= 0.3 is 5.97 Å². The minimum atomic E-state index is -0.157. The fourth-order valence-electron chi connectivity index (χ4n) is 1.75. The lowest BCUT2D eigenvalue weighted by atomic mass is 9.80. The van der Waals surface area contributed by atoms with E-state index in [1.54, 1.807) is 0 Å². The predicted molar refractivity (Wildman–Crippen MR) is 56.4 cm³/mol. The monoisotopic (exact) mass is 282 g/mol. The molecular weight excluding hydrogens is 267 g/mol. The quantitative estimate of drug-likeness (QED) is 0.452. The average molecular weight is 282 g/mol. The second-order valence-corrected chi connectivity index (χ2v) is 4.25. The van der Waals surface area contributed by atoms with Gasteiger partial charge in [-0.15, -0.1) is 0 Å². The Labute approximate surface area is 87.2 Å². The summed E-state index contributed by atoms with van der Waals surface area (Å²) in [5.41, 5.74) is -0.157. The molecule has 0 spiro atoms. The van der Waals surface area contributed by atoms with Crippen molar-refractivity contribution in [3.05, 3.63) is 0 Å². The molecule has 3 heteroatoms. The molecule has 1 aliphatic rings. The first-order valence-corrected chi connectivity index (χ1v) is 5.98. The van der Waals surface area contributed by atoms with Crippen molar-refractivity contribution < 1.29 is 9.53 Å². The SMILES string of the molecule is CCC1(CC)CC(CI)OC1=O. The molecule has 1 heterocycles. The van der Waals surface area contributed by atoms with Gasteiger partial charge in [0.2, 0.25) is 0 Å². The molecule has 70 valence electrons. The van der Waals surface area contributed by atoms with Crippen LogP contribution in [0.25, 0.3) is 0 Å². The zero-order chi connectivity index (χ0) is 9.19. The van der Waals surface area contributed by atoms with E-state index in [0.29, 0.717) is 0 Å². The van der Waals surface area contributed by atoms with Gasteiger partial charge in [0.25, 0.3) is 0 Å². The van der Waals surface area contributed by atoms with Crippen molar-refractivity contribution in [1.29, 1.82) is 0 Å². The normalized spacial score (nSPS) is 27.2. The van der Waals surface area contributed by atoms with Crippen LogP contribution in [0.4, 0.5) is 0 Å². The number of hydrogen-bond donors (Lipinski definition) is 0. The van der Waals surface area contributed by atoms with Crippen molar-refractivity contribution in [2.24, 2.45) is 5.41 Å². The van der Waals surface area contributed by atoms with Crippen LogP contribution in [0.2, 0.25) is 0 Å². The van der Waals surface area contributed by atoms with Gasteiger partial charge in [-0.25, -0.2) is 0 Å². The maximum absolute atomic E-state index is 11.5. The van der Waals surface area contributed by atoms with E-state index in [1.165, 1.54) is 0 Å². The Kier molecular flexibility index (Phi) is 3.37. The first-order valence-electron chi connectivity index (χ1n) is 4.45. The highest BCUT2D eigenvalue weighted by Crippen LogP contribution is 2.40. The van der Waals surface area contributed by atoms with E-state index in [-0.39, 0.29) is 17.5 Å². The molecule has 1 fully saturated rings. The van der Waals surface area contributed by atoms with E-state index < -0.39 is 0 Å². The topological polar surface area (TPSA) is 26.3 Å². The number of cyclic esters (lactones) is 1. The summed E-state index contributed by atoms with van der Waals surface area (Å²) < 4.78 is 6.18. The number of esters is 1. The first kappa shape index (κ1) is 10.3. The predicted octanol–water partition coefficient (Wildman–Crippen LogP) is 2.54. The Morgan fingerprint density at radius 2 is 2.17 bits per heavy atom. The molecular formula is C9H15IO2. The molecule has 0 N–H and O–H groups in total. The molecule has 0 aliphatic carbocycles. The second kappa shape index (κ2) is 3.94. The van der Waals surface area contributed by atoms with Crippen LogP contribution in [0.5, 0.6) is 0 Å². The number of alkyl halides is 1. The number of ether oxygens (including phenoxy) is 1. The van der Waals surface area contributed by atoms with E-state index in [9.17, 15) is 4.79 Å². The summed E-state index contributed by atoms with van der Waals surface area (Å²) in [7, 11) is 0. The zero-order valence-electron chi connectivity index (χ0n) is 7.60. The lowest BCUT2D eigenvalue weighted by Crippen LogP contribution is -2.24. The number of rotatable bonds is 3. The third-order valence-electron chi connectivity index (χ3n) is 2.85. The van der Waals surface area contributed by atoms with Crippen LogP contribution in [-0.4, -0.2) is 16.5 Å². The number of carbonyl (C=O) groups is 1. The van der Waals surface area contributed by atoms with Gasteiger partial charge in [0, 0.05) is 10.8 Å². The van der Waals surface area contributed by atoms with Gasteiger partial charge in [0.15, 0.2) is 0 Å². The highest BCUT2D eigenvalue weighted by molar-refractivity contribution is 14.1. The molecule has 1 saturated heterocycles.